The number of aliphatic hydroxyl groups is 2. The van der Waals surface area contributed by atoms with Crippen LogP contribution in [-0.2, 0) is 19.1 Å². The molecule has 6 nitrogen and oxygen atoms in total. The summed E-state index contributed by atoms with van der Waals surface area (Å²) in [5.41, 5.74) is 0. The molecule has 1 fully saturated rings. The predicted octanol–water partition coefficient (Wildman–Crippen LogP) is 3.72. The number of ether oxygens (including phenoxy) is 2. The predicted molar refractivity (Wildman–Crippen MR) is 105 cm³/mol. The molecule has 1 saturated carbocycles. The lowest BCUT2D eigenvalue weighted by Gasteiger charge is -2.03. The Labute approximate surface area is 164 Å². The second-order valence-corrected chi connectivity index (χ2v) is 6.94. The molecule has 0 bridgehead atoms. The molecule has 1 rings (SSSR count). The van der Waals surface area contributed by atoms with Crippen molar-refractivity contribution >= 4 is 11.9 Å². The number of carbonyl (C=O) groups is 2. The van der Waals surface area contributed by atoms with Gasteiger partial charge in [-0.15, -0.1) is 0 Å². The monoisotopic (exact) mass is 387 g/mol. The first-order valence-corrected chi connectivity index (χ1v) is 10.5. The zero-order valence-electron chi connectivity index (χ0n) is 17.0. The highest BCUT2D eigenvalue weighted by atomic mass is 16.6. The molecule has 0 saturated heterocycles. The first kappa shape index (κ1) is 25.9. The van der Waals surface area contributed by atoms with Gasteiger partial charge in [0.05, 0.1) is 0 Å². The minimum Gasteiger partial charge on any atom is -0.460 e. The van der Waals surface area contributed by atoms with E-state index >= 15 is 0 Å². The molecule has 1 aliphatic rings. The van der Waals surface area contributed by atoms with Crippen molar-refractivity contribution in [3.8, 4) is 0 Å². The molecule has 2 N–H and O–H groups in total. The Kier molecular flexibility index (Phi) is 18.8. The van der Waals surface area contributed by atoms with Crippen LogP contribution in [0, 0.1) is 5.92 Å². The Bertz CT molecular complexity index is 337. The number of hydrogen-bond acceptors (Lipinski definition) is 6. The number of hydrogen-bond donors (Lipinski definition) is 2. The van der Waals surface area contributed by atoms with Gasteiger partial charge in [-0.1, -0.05) is 71.1 Å². The van der Waals surface area contributed by atoms with Crippen molar-refractivity contribution < 1.29 is 29.3 Å². The minimum absolute atomic E-state index is 0.120. The van der Waals surface area contributed by atoms with Crippen molar-refractivity contribution in [3.63, 3.8) is 0 Å². The zero-order chi connectivity index (χ0) is 20.2. The van der Waals surface area contributed by atoms with Crippen LogP contribution in [0.5, 0.6) is 0 Å². The standard InChI is InChI=1S/C15H29.C6H10O6/c1-2-3-4-5-6-7-8-9-10-11-12-15-13-14-15;7-3-5(9)11-1-2-12-6(10)4-8/h2-14H2,1H3;7-8H,1-4H2. The highest BCUT2D eigenvalue weighted by molar-refractivity contribution is 5.71. The maximum Gasteiger partial charge on any atom is 0.331 e. The topological polar surface area (TPSA) is 93.1 Å². The van der Waals surface area contributed by atoms with Crippen molar-refractivity contribution in [3.05, 3.63) is 5.92 Å². The molecule has 0 heterocycles. The molecule has 0 aromatic carbocycles. The van der Waals surface area contributed by atoms with Gasteiger partial charge in [-0.05, 0) is 25.2 Å². The van der Waals surface area contributed by atoms with Crippen LogP contribution < -0.4 is 0 Å². The third-order valence-corrected chi connectivity index (χ3v) is 4.36. The Morgan fingerprint density at radius 1 is 0.741 bits per heavy atom. The van der Waals surface area contributed by atoms with Gasteiger partial charge in [0.1, 0.15) is 26.4 Å². The number of unbranched alkanes of at least 4 members (excludes halogenated alkanes) is 9. The van der Waals surface area contributed by atoms with Crippen LogP contribution in [0.2, 0.25) is 0 Å². The number of esters is 2. The highest BCUT2D eigenvalue weighted by Crippen LogP contribution is 2.36. The zero-order valence-corrected chi connectivity index (χ0v) is 17.0. The van der Waals surface area contributed by atoms with Gasteiger partial charge in [0, 0.05) is 0 Å². The van der Waals surface area contributed by atoms with E-state index in [9.17, 15) is 9.59 Å². The van der Waals surface area contributed by atoms with Crippen LogP contribution in [-0.4, -0.2) is 48.6 Å². The summed E-state index contributed by atoms with van der Waals surface area (Å²) in [5.74, 6) is 0.277. The SMILES string of the molecule is CCCCCCCCCCCC[C]1CC1.O=C(CO)OCCOC(=O)CO. The Hall–Kier alpha value is -1.14. The molecule has 1 radical (unpaired) electrons. The summed E-state index contributed by atoms with van der Waals surface area (Å²) in [6, 6.07) is 0. The van der Waals surface area contributed by atoms with Gasteiger partial charge in [0.15, 0.2) is 0 Å². The Morgan fingerprint density at radius 2 is 1.15 bits per heavy atom. The summed E-state index contributed by atoms with van der Waals surface area (Å²) in [6.07, 6.45) is 19.0. The molecule has 159 valence electrons. The van der Waals surface area contributed by atoms with Gasteiger partial charge in [0.2, 0.25) is 0 Å². The summed E-state index contributed by atoms with van der Waals surface area (Å²) >= 11 is 0. The van der Waals surface area contributed by atoms with Crippen LogP contribution in [0.15, 0.2) is 0 Å². The van der Waals surface area contributed by atoms with Gasteiger partial charge in [-0.25, -0.2) is 9.59 Å². The van der Waals surface area contributed by atoms with Crippen molar-refractivity contribution in [2.45, 2.75) is 90.4 Å². The molecule has 0 aromatic rings. The molecule has 0 unspecified atom stereocenters. The van der Waals surface area contributed by atoms with E-state index in [0.29, 0.717) is 0 Å². The van der Waals surface area contributed by atoms with Crippen LogP contribution >= 0.6 is 0 Å². The second-order valence-electron chi connectivity index (χ2n) is 6.94. The maximum absolute atomic E-state index is 10.3. The Balaban J connectivity index is 0.000000516. The average molecular weight is 388 g/mol. The van der Waals surface area contributed by atoms with E-state index in [2.05, 4.69) is 16.4 Å². The summed E-state index contributed by atoms with van der Waals surface area (Å²) in [6.45, 7) is 0.649. The van der Waals surface area contributed by atoms with Crippen molar-refractivity contribution in [1.82, 2.24) is 0 Å². The lowest BCUT2D eigenvalue weighted by molar-refractivity contribution is -0.155. The van der Waals surface area contributed by atoms with Crippen molar-refractivity contribution in [2.24, 2.45) is 0 Å². The molecule has 0 spiro atoms. The fourth-order valence-corrected chi connectivity index (χ4v) is 2.60. The lowest BCUT2D eigenvalue weighted by Crippen LogP contribution is -2.17. The van der Waals surface area contributed by atoms with E-state index in [0.717, 1.165) is 0 Å². The normalized spacial score (nSPS) is 12.9. The van der Waals surface area contributed by atoms with E-state index in [1.165, 1.54) is 83.5 Å². The Morgan fingerprint density at radius 3 is 1.52 bits per heavy atom. The van der Waals surface area contributed by atoms with Crippen molar-refractivity contribution in [2.75, 3.05) is 26.4 Å². The smallest absolute Gasteiger partial charge is 0.331 e. The largest absolute Gasteiger partial charge is 0.460 e. The first-order chi connectivity index (χ1) is 13.1. The summed E-state index contributed by atoms with van der Waals surface area (Å²) in [4.78, 5) is 20.5. The molecular weight excluding hydrogens is 348 g/mol. The van der Waals surface area contributed by atoms with E-state index in [1.54, 1.807) is 0 Å². The summed E-state index contributed by atoms with van der Waals surface area (Å²) in [5, 5.41) is 16.3. The van der Waals surface area contributed by atoms with Crippen molar-refractivity contribution in [1.29, 1.82) is 0 Å². The molecule has 0 amide bonds. The molecule has 0 atom stereocenters. The first-order valence-electron chi connectivity index (χ1n) is 10.5. The van der Waals surface area contributed by atoms with E-state index in [-0.39, 0.29) is 13.2 Å². The van der Waals surface area contributed by atoms with Gasteiger partial charge in [-0.3, -0.25) is 0 Å². The second kappa shape index (κ2) is 19.6. The van der Waals surface area contributed by atoms with Gasteiger partial charge >= 0.3 is 11.9 Å². The minimum atomic E-state index is -0.782. The van der Waals surface area contributed by atoms with Gasteiger partial charge in [-0.2, -0.15) is 0 Å². The third-order valence-electron chi connectivity index (χ3n) is 4.36. The molecule has 0 aliphatic heterocycles. The summed E-state index contributed by atoms with van der Waals surface area (Å²) in [7, 11) is 0. The van der Waals surface area contributed by atoms with E-state index in [4.69, 9.17) is 10.2 Å². The van der Waals surface area contributed by atoms with E-state index < -0.39 is 25.2 Å². The molecule has 1 aliphatic carbocycles. The molecule has 6 heteroatoms. The van der Waals surface area contributed by atoms with Crippen LogP contribution in [0.3, 0.4) is 0 Å². The molecule has 0 aromatic heterocycles. The maximum atomic E-state index is 10.3. The number of carbonyl (C=O) groups excluding carboxylic acids is 2. The lowest BCUT2D eigenvalue weighted by atomic mass is 10.1. The highest BCUT2D eigenvalue weighted by Gasteiger charge is 2.20. The van der Waals surface area contributed by atoms with Crippen LogP contribution in [0.1, 0.15) is 90.4 Å². The number of rotatable bonds is 16. The average Bonchev–Trinajstić information content (AvgIpc) is 3.51. The van der Waals surface area contributed by atoms with E-state index in [1.807, 2.05) is 5.92 Å². The fraction of sp³-hybridized carbons (Fsp3) is 0.857. The van der Waals surface area contributed by atoms with Gasteiger partial charge < -0.3 is 19.7 Å². The van der Waals surface area contributed by atoms with Crippen LogP contribution in [0.4, 0.5) is 0 Å². The van der Waals surface area contributed by atoms with Gasteiger partial charge in [0.25, 0.3) is 0 Å². The quantitative estimate of drug-likeness (QED) is 0.310. The third kappa shape index (κ3) is 21.0. The van der Waals surface area contributed by atoms with Crippen LogP contribution in [0.25, 0.3) is 0 Å². The fourth-order valence-electron chi connectivity index (χ4n) is 2.60. The summed E-state index contributed by atoms with van der Waals surface area (Å²) < 4.78 is 8.68. The molecule has 27 heavy (non-hydrogen) atoms. The molecular formula is C21H39O6. The number of aliphatic hydroxyl groups excluding tert-OH is 2.